The third-order valence-corrected chi connectivity index (χ3v) is 6.86. The molecule has 0 unspecified atom stereocenters. The summed E-state index contributed by atoms with van der Waals surface area (Å²) in [6.45, 7) is 7.81. The highest BCUT2D eigenvalue weighted by Gasteiger charge is 2.26. The van der Waals surface area contributed by atoms with Crippen LogP contribution in [0, 0.1) is 6.92 Å². The van der Waals surface area contributed by atoms with E-state index in [2.05, 4.69) is 35.2 Å². The molecule has 0 saturated carbocycles. The van der Waals surface area contributed by atoms with Crippen molar-refractivity contribution in [3.8, 4) is 17.2 Å². The van der Waals surface area contributed by atoms with E-state index in [9.17, 15) is 4.79 Å². The number of anilines is 1. The average Bonchev–Trinajstić information content (AvgIpc) is 3.47. The molecule has 0 spiro atoms. The Kier molecular flexibility index (Phi) is 7.56. The summed E-state index contributed by atoms with van der Waals surface area (Å²) in [6.07, 6.45) is 3.53. The van der Waals surface area contributed by atoms with E-state index in [1.165, 1.54) is 11.3 Å². The van der Waals surface area contributed by atoms with Gasteiger partial charge >= 0.3 is 5.97 Å². The van der Waals surface area contributed by atoms with Crippen molar-refractivity contribution in [2.75, 3.05) is 37.8 Å². The molecule has 0 bridgehead atoms. The summed E-state index contributed by atoms with van der Waals surface area (Å²) in [6, 6.07) is 14.4. The van der Waals surface area contributed by atoms with E-state index in [4.69, 9.17) is 23.6 Å². The third-order valence-electron chi connectivity index (χ3n) is 6.86. The van der Waals surface area contributed by atoms with Gasteiger partial charge in [-0.3, -0.25) is 4.79 Å². The molecule has 1 saturated heterocycles. The third kappa shape index (κ3) is 5.57. The lowest BCUT2D eigenvalue weighted by atomic mass is 10.1. The maximum atomic E-state index is 11.9. The first-order valence-electron chi connectivity index (χ1n) is 12.9. The number of fused-ring (bicyclic) bond motifs is 1. The molecule has 7 heteroatoms. The van der Waals surface area contributed by atoms with Crippen molar-refractivity contribution in [2.24, 2.45) is 0 Å². The summed E-state index contributed by atoms with van der Waals surface area (Å²) in [5.41, 5.74) is 5.37. The Morgan fingerprint density at radius 3 is 2.72 bits per heavy atom. The van der Waals surface area contributed by atoms with Crippen molar-refractivity contribution < 1.29 is 23.4 Å². The molecule has 36 heavy (non-hydrogen) atoms. The van der Waals surface area contributed by atoms with Crippen LogP contribution in [0.3, 0.4) is 0 Å². The van der Waals surface area contributed by atoms with Crippen LogP contribution in [0.15, 0.2) is 46.9 Å². The number of carbonyl (C=O) groups is 1. The quantitative estimate of drug-likeness (QED) is 0.370. The largest absolute Gasteiger partial charge is 0.493 e. The molecule has 1 aliphatic heterocycles. The summed E-state index contributed by atoms with van der Waals surface area (Å²) in [5, 5.41) is 0. The number of rotatable bonds is 9. The highest BCUT2D eigenvalue weighted by atomic mass is 16.5. The van der Waals surface area contributed by atoms with E-state index in [-0.39, 0.29) is 12.1 Å². The van der Waals surface area contributed by atoms with Crippen LogP contribution in [0.5, 0.6) is 5.75 Å². The van der Waals surface area contributed by atoms with Gasteiger partial charge in [0.25, 0.3) is 0 Å². The summed E-state index contributed by atoms with van der Waals surface area (Å²) >= 11 is 0. The maximum Gasteiger partial charge on any atom is 0.306 e. The molecule has 7 nitrogen and oxygen atoms in total. The maximum absolute atomic E-state index is 11.9. The Morgan fingerprint density at radius 1 is 1.14 bits per heavy atom. The Labute approximate surface area is 212 Å². The molecule has 1 fully saturated rings. The normalized spacial score (nSPS) is 17.2. The number of aromatic nitrogens is 1. The Hall–Kier alpha value is -3.32. The minimum Gasteiger partial charge on any atom is -0.493 e. The highest BCUT2D eigenvalue weighted by Crippen LogP contribution is 2.36. The van der Waals surface area contributed by atoms with Crippen LogP contribution in [0.4, 0.5) is 5.69 Å². The topological polar surface area (TPSA) is 74.0 Å². The summed E-state index contributed by atoms with van der Waals surface area (Å²) in [4.78, 5) is 18.9. The minimum atomic E-state index is -0.132. The van der Waals surface area contributed by atoms with Gasteiger partial charge in [0.1, 0.15) is 17.6 Å². The van der Waals surface area contributed by atoms with E-state index < -0.39 is 0 Å². The van der Waals surface area contributed by atoms with Gasteiger partial charge in [0.15, 0.2) is 0 Å². The standard InChI is InChI=1S/C29H34N2O5/c1-3-4-28(32)36-27-12-7-22-19-24(10-11-25(22)27)34-16-13-26-20(2)35-29(30-26)21-5-8-23(9-6-21)31-14-17-33-18-15-31/h5-6,8-11,19,27H,3-4,7,12-18H2,1-2H3/t27-/m0/s1. The average molecular weight is 491 g/mol. The molecule has 190 valence electrons. The van der Waals surface area contributed by atoms with Crippen LogP contribution in [0.1, 0.15) is 54.9 Å². The van der Waals surface area contributed by atoms with Crippen molar-refractivity contribution in [1.82, 2.24) is 4.98 Å². The van der Waals surface area contributed by atoms with Gasteiger partial charge < -0.3 is 23.5 Å². The number of morpholine rings is 1. The molecule has 0 radical (unpaired) electrons. The monoisotopic (exact) mass is 490 g/mol. The van der Waals surface area contributed by atoms with Crippen LogP contribution in [0.2, 0.25) is 0 Å². The Bertz CT molecular complexity index is 1180. The van der Waals surface area contributed by atoms with Gasteiger partial charge in [-0.05, 0) is 73.7 Å². The van der Waals surface area contributed by atoms with Gasteiger partial charge in [-0.15, -0.1) is 0 Å². The van der Waals surface area contributed by atoms with E-state index in [1.807, 2.05) is 26.0 Å². The molecule has 1 aromatic heterocycles. The van der Waals surface area contributed by atoms with Crippen molar-refractivity contribution >= 4 is 11.7 Å². The number of carbonyl (C=O) groups excluding carboxylic acids is 1. The Morgan fingerprint density at radius 2 is 1.94 bits per heavy atom. The van der Waals surface area contributed by atoms with E-state index in [0.717, 1.165) is 73.9 Å². The molecule has 2 aliphatic rings. The lowest BCUT2D eigenvalue weighted by Gasteiger charge is -2.28. The molecule has 5 rings (SSSR count). The van der Waals surface area contributed by atoms with Gasteiger partial charge in [-0.2, -0.15) is 0 Å². The predicted octanol–water partition coefficient (Wildman–Crippen LogP) is 5.44. The van der Waals surface area contributed by atoms with Crippen molar-refractivity contribution in [3.63, 3.8) is 0 Å². The number of hydrogen-bond donors (Lipinski definition) is 0. The number of nitrogens with zero attached hydrogens (tertiary/aromatic N) is 2. The summed E-state index contributed by atoms with van der Waals surface area (Å²) in [7, 11) is 0. The molecule has 2 aromatic carbocycles. The second-order valence-electron chi connectivity index (χ2n) is 9.39. The first kappa shape index (κ1) is 24.4. The first-order valence-corrected chi connectivity index (χ1v) is 12.9. The highest BCUT2D eigenvalue weighted by molar-refractivity contribution is 5.69. The Balaban J connectivity index is 1.16. The fraction of sp³-hybridized carbons (Fsp3) is 0.448. The first-order chi connectivity index (χ1) is 17.6. The number of oxazole rings is 1. The zero-order valence-corrected chi connectivity index (χ0v) is 21.1. The van der Waals surface area contributed by atoms with Crippen LogP contribution >= 0.6 is 0 Å². The zero-order chi connectivity index (χ0) is 24.9. The number of hydrogen-bond acceptors (Lipinski definition) is 7. The van der Waals surface area contributed by atoms with Crippen LogP contribution < -0.4 is 9.64 Å². The molecule has 0 amide bonds. The molecule has 1 atom stereocenters. The number of aryl methyl sites for hydroxylation is 2. The smallest absolute Gasteiger partial charge is 0.306 e. The lowest BCUT2D eigenvalue weighted by molar-refractivity contribution is -0.149. The van der Waals surface area contributed by atoms with Gasteiger partial charge in [-0.25, -0.2) is 4.98 Å². The van der Waals surface area contributed by atoms with Crippen molar-refractivity contribution in [1.29, 1.82) is 0 Å². The van der Waals surface area contributed by atoms with E-state index >= 15 is 0 Å². The van der Waals surface area contributed by atoms with Gasteiger partial charge in [0, 0.05) is 37.2 Å². The molecule has 3 aromatic rings. The van der Waals surface area contributed by atoms with Crippen molar-refractivity contribution in [2.45, 2.75) is 52.1 Å². The molecular formula is C29H34N2O5. The van der Waals surface area contributed by atoms with Gasteiger partial charge in [-0.1, -0.05) is 13.0 Å². The van der Waals surface area contributed by atoms with Crippen LogP contribution in [-0.4, -0.2) is 43.9 Å². The SMILES string of the molecule is CCCC(=O)O[C@H]1CCc2cc(OCCc3nc(-c4ccc(N5CCOCC5)cc4)oc3C)ccc21. The second kappa shape index (κ2) is 11.2. The fourth-order valence-corrected chi connectivity index (χ4v) is 4.87. The zero-order valence-electron chi connectivity index (χ0n) is 21.1. The lowest BCUT2D eigenvalue weighted by Crippen LogP contribution is -2.36. The second-order valence-corrected chi connectivity index (χ2v) is 9.39. The van der Waals surface area contributed by atoms with Gasteiger partial charge in [0.2, 0.25) is 5.89 Å². The number of benzene rings is 2. The molecule has 1 aliphatic carbocycles. The fourth-order valence-electron chi connectivity index (χ4n) is 4.87. The minimum absolute atomic E-state index is 0.119. The van der Waals surface area contributed by atoms with Gasteiger partial charge in [0.05, 0.1) is 25.5 Å². The van der Waals surface area contributed by atoms with Crippen LogP contribution in [-0.2, 0) is 27.1 Å². The number of ether oxygens (including phenoxy) is 3. The summed E-state index contributed by atoms with van der Waals surface area (Å²) < 4.78 is 23.1. The molecule has 0 N–H and O–H groups in total. The summed E-state index contributed by atoms with van der Waals surface area (Å²) in [5.74, 6) is 2.16. The van der Waals surface area contributed by atoms with E-state index in [0.29, 0.717) is 25.3 Å². The molecule has 2 heterocycles. The van der Waals surface area contributed by atoms with Crippen LogP contribution in [0.25, 0.3) is 11.5 Å². The van der Waals surface area contributed by atoms with E-state index in [1.54, 1.807) is 0 Å². The molecular weight excluding hydrogens is 456 g/mol. The predicted molar refractivity (Wildman–Crippen MR) is 137 cm³/mol. The van der Waals surface area contributed by atoms with Crippen molar-refractivity contribution in [3.05, 3.63) is 65.0 Å². The number of esters is 1.